The molecule has 8 aromatic rings. The normalized spacial score (nSPS) is 17.9. The number of nitrogens with one attached hydrogen (secondary N) is 3. The van der Waals surface area contributed by atoms with Gasteiger partial charge in [-0.3, -0.25) is 0 Å². The maximum absolute atomic E-state index is 5.46. The molecule has 11 rings (SSSR count). The summed E-state index contributed by atoms with van der Waals surface area (Å²) in [5, 5.41) is 15.9. The van der Waals surface area contributed by atoms with E-state index in [9.17, 15) is 0 Å². The molecule has 3 aliphatic rings. The molecule has 0 saturated heterocycles. The van der Waals surface area contributed by atoms with E-state index >= 15 is 0 Å². The first-order valence-corrected chi connectivity index (χ1v) is 22.5. The monoisotopic (exact) mass is 839 g/mol. The number of nitrogens with zero attached hydrogens (tertiary/aromatic N) is 2. The standard InChI is InChI=1S/C60H49N5/c1-38-33-47(31-32-51(38)57-22-12-14-40(3)62-57)59-63-58(45-29-25-42(26-30-45)41-15-5-4-6-16-41)64-60(65-59)50-35-48(43-23-27-44(28-24-43)56-21-11-13-39(2)61-56)34-49(36-50)55-37-46-17-7-8-18-52(46)53-19-9-10-20-54(53)55/h4-37,39,57-58,61-62H,1-3H3,(H,63,64,65). The first kappa shape index (κ1) is 39.8. The van der Waals surface area contributed by atoms with Crippen molar-refractivity contribution in [2.45, 2.75) is 39.0 Å². The fourth-order valence-corrected chi connectivity index (χ4v) is 9.44. The highest BCUT2D eigenvalue weighted by molar-refractivity contribution is 6.16. The van der Waals surface area contributed by atoms with Crippen LogP contribution in [0.25, 0.3) is 60.6 Å². The van der Waals surface area contributed by atoms with Gasteiger partial charge in [0.25, 0.3) is 0 Å². The summed E-state index contributed by atoms with van der Waals surface area (Å²) in [6.45, 7) is 6.47. The highest BCUT2D eigenvalue weighted by Crippen LogP contribution is 2.38. The Hall–Kier alpha value is -8.02. The molecule has 8 aromatic carbocycles. The number of allylic oxidation sites excluding steroid dienone is 5. The van der Waals surface area contributed by atoms with E-state index in [4.69, 9.17) is 9.98 Å². The second kappa shape index (κ2) is 16.9. The van der Waals surface area contributed by atoms with Crippen molar-refractivity contribution in [3.8, 4) is 33.4 Å². The molecular weight excluding hydrogens is 791 g/mol. The summed E-state index contributed by atoms with van der Waals surface area (Å²) >= 11 is 0. The van der Waals surface area contributed by atoms with Gasteiger partial charge in [0.2, 0.25) is 0 Å². The maximum atomic E-state index is 5.46. The molecule has 5 nitrogen and oxygen atoms in total. The molecule has 0 bridgehead atoms. The minimum Gasteiger partial charge on any atom is -0.379 e. The summed E-state index contributed by atoms with van der Waals surface area (Å²) in [6, 6.07) is 61.9. The minimum absolute atomic E-state index is 0.112. The lowest BCUT2D eigenvalue weighted by Gasteiger charge is -2.26. The molecule has 3 N–H and O–H groups in total. The Morgan fingerprint density at radius 3 is 1.91 bits per heavy atom. The zero-order valence-electron chi connectivity index (χ0n) is 36.8. The highest BCUT2D eigenvalue weighted by Gasteiger charge is 2.24. The SMILES string of the molecule is CC1=CC=CC(c2ccc(C3=NC(c4cc(-c5ccc(C6=CC=CC(C)N6)cc5)cc(-c5cc6ccccc6c6ccccc56)c4)=NC(c4ccc(-c5ccccc5)cc4)N3)cc2C)N1. The predicted molar refractivity (Wildman–Crippen MR) is 273 cm³/mol. The second-order valence-corrected chi connectivity index (χ2v) is 17.3. The van der Waals surface area contributed by atoms with Crippen molar-refractivity contribution in [2.24, 2.45) is 9.98 Å². The van der Waals surface area contributed by atoms with Crippen molar-refractivity contribution in [3.63, 3.8) is 0 Å². The molecule has 3 heterocycles. The van der Waals surface area contributed by atoms with Crippen molar-refractivity contribution < 1.29 is 0 Å². The van der Waals surface area contributed by atoms with Crippen LogP contribution in [0.4, 0.5) is 0 Å². The zero-order chi connectivity index (χ0) is 43.9. The lowest BCUT2D eigenvalue weighted by Crippen LogP contribution is -2.33. The van der Waals surface area contributed by atoms with Crippen LogP contribution >= 0.6 is 0 Å². The minimum atomic E-state index is -0.376. The topological polar surface area (TPSA) is 60.8 Å². The molecule has 0 aromatic heterocycles. The molecule has 3 unspecified atom stereocenters. The van der Waals surface area contributed by atoms with Crippen molar-refractivity contribution >= 4 is 38.9 Å². The quantitative estimate of drug-likeness (QED) is 0.134. The molecule has 65 heavy (non-hydrogen) atoms. The fraction of sp³-hybridized carbons (Fsp3) is 0.100. The van der Waals surface area contributed by atoms with E-state index in [2.05, 4.69) is 243 Å². The van der Waals surface area contributed by atoms with Crippen LogP contribution in [0.5, 0.6) is 0 Å². The van der Waals surface area contributed by atoms with Crippen LogP contribution in [0.3, 0.4) is 0 Å². The lowest BCUT2D eigenvalue weighted by atomic mass is 9.90. The van der Waals surface area contributed by atoms with Gasteiger partial charge in [-0.15, -0.1) is 0 Å². The third kappa shape index (κ3) is 7.98. The molecule has 0 saturated carbocycles. The molecule has 0 amide bonds. The van der Waals surface area contributed by atoms with Crippen LogP contribution in [0.1, 0.15) is 59.4 Å². The number of aliphatic imine (C=N–C) groups is 2. The van der Waals surface area contributed by atoms with E-state index in [1.54, 1.807) is 0 Å². The Morgan fingerprint density at radius 1 is 0.477 bits per heavy atom. The van der Waals surface area contributed by atoms with Gasteiger partial charge in [0.15, 0.2) is 5.84 Å². The Balaban J connectivity index is 1.07. The summed E-state index contributed by atoms with van der Waals surface area (Å²) in [6.07, 6.45) is 12.5. The van der Waals surface area contributed by atoms with Crippen LogP contribution in [0, 0.1) is 6.92 Å². The average Bonchev–Trinajstić information content (AvgIpc) is 3.36. The first-order valence-electron chi connectivity index (χ1n) is 22.5. The molecule has 314 valence electrons. The molecular formula is C60H49N5. The molecule has 0 spiro atoms. The molecule has 0 fully saturated rings. The number of hydrogen-bond donors (Lipinski definition) is 3. The average molecular weight is 840 g/mol. The Labute approximate surface area is 381 Å². The number of fused-ring (bicyclic) bond motifs is 3. The summed E-state index contributed by atoms with van der Waals surface area (Å²) in [5.74, 6) is 1.46. The summed E-state index contributed by atoms with van der Waals surface area (Å²) in [5.41, 5.74) is 15.7. The molecule has 3 atom stereocenters. The van der Waals surface area contributed by atoms with Crippen molar-refractivity contribution in [3.05, 3.63) is 245 Å². The van der Waals surface area contributed by atoms with Crippen molar-refractivity contribution in [2.75, 3.05) is 0 Å². The number of amidine groups is 2. The fourth-order valence-electron chi connectivity index (χ4n) is 9.44. The number of dihydropyridines is 2. The lowest BCUT2D eigenvalue weighted by molar-refractivity contribution is 0.674. The molecule has 0 radical (unpaired) electrons. The van der Waals surface area contributed by atoms with Gasteiger partial charge in [0.05, 0.1) is 6.04 Å². The number of benzene rings is 8. The van der Waals surface area contributed by atoms with Gasteiger partial charge in [-0.25, -0.2) is 9.98 Å². The van der Waals surface area contributed by atoms with E-state index < -0.39 is 0 Å². The van der Waals surface area contributed by atoms with Gasteiger partial charge in [-0.05, 0) is 140 Å². The molecule has 5 heteroatoms. The van der Waals surface area contributed by atoms with Crippen LogP contribution in [-0.2, 0) is 0 Å². The Morgan fingerprint density at radius 2 is 1.12 bits per heavy atom. The summed E-state index contributed by atoms with van der Waals surface area (Å²) in [4.78, 5) is 10.9. The van der Waals surface area contributed by atoms with Crippen LogP contribution < -0.4 is 16.0 Å². The van der Waals surface area contributed by atoms with Crippen LogP contribution in [-0.4, -0.2) is 17.7 Å². The molecule has 0 aliphatic carbocycles. The number of hydrogen-bond acceptors (Lipinski definition) is 5. The van der Waals surface area contributed by atoms with E-state index in [1.807, 2.05) is 0 Å². The summed E-state index contributed by atoms with van der Waals surface area (Å²) in [7, 11) is 0. The first-order chi connectivity index (χ1) is 31.9. The highest BCUT2D eigenvalue weighted by atomic mass is 15.2. The second-order valence-electron chi connectivity index (χ2n) is 17.3. The van der Waals surface area contributed by atoms with E-state index in [0.29, 0.717) is 5.84 Å². The van der Waals surface area contributed by atoms with Crippen LogP contribution in [0.2, 0.25) is 0 Å². The maximum Gasteiger partial charge on any atom is 0.159 e. The van der Waals surface area contributed by atoms with E-state index in [0.717, 1.165) is 61.7 Å². The van der Waals surface area contributed by atoms with Crippen molar-refractivity contribution in [1.82, 2.24) is 16.0 Å². The summed E-state index contributed by atoms with van der Waals surface area (Å²) < 4.78 is 0. The Kier molecular flexibility index (Phi) is 10.4. The largest absolute Gasteiger partial charge is 0.379 e. The number of rotatable bonds is 8. The van der Waals surface area contributed by atoms with Gasteiger partial charge in [-0.2, -0.15) is 0 Å². The van der Waals surface area contributed by atoms with E-state index in [1.165, 1.54) is 43.8 Å². The third-order valence-electron chi connectivity index (χ3n) is 12.8. The third-order valence-corrected chi connectivity index (χ3v) is 12.8. The van der Waals surface area contributed by atoms with Crippen LogP contribution in [0.15, 0.2) is 222 Å². The zero-order valence-corrected chi connectivity index (χ0v) is 36.8. The van der Waals surface area contributed by atoms with Gasteiger partial charge in [0, 0.05) is 28.6 Å². The number of aryl methyl sites for hydroxylation is 1. The van der Waals surface area contributed by atoms with Gasteiger partial charge < -0.3 is 16.0 Å². The van der Waals surface area contributed by atoms with Gasteiger partial charge >= 0.3 is 0 Å². The smallest absolute Gasteiger partial charge is 0.159 e. The predicted octanol–water partition coefficient (Wildman–Crippen LogP) is 13.8. The van der Waals surface area contributed by atoms with Crippen molar-refractivity contribution in [1.29, 1.82) is 0 Å². The van der Waals surface area contributed by atoms with E-state index in [-0.39, 0.29) is 18.2 Å². The molecule has 3 aliphatic heterocycles. The van der Waals surface area contributed by atoms with Gasteiger partial charge in [0.1, 0.15) is 12.0 Å². The Bertz CT molecular complexity index is 3310. The van der Waals surface area contributed by atoms with Gasteiger partial charge in [-0.1, -0.05) is 164 Å².